The summed E-state index contributed by atoms with van der Waals surface area (Å²) in [6, 6.07) is 5.94. The van der Waals surface area contributed by atoms with Crippen LogP contribution in [-0.4, -0.2) is 71.9 Å². The van der Waals surface area contributed by atoms with Crippen molar-refractivity contribution in [3.05, 3.63) is 40.0 Å². The van der Waals surface area contributed by atoms with Crippen LogP contribution in [0.2, 0.25) is 0 Å². The number of aromatic nitrogens is 1. The summed E-state index contributed by atoms with van der Waals surface area (Å²) >= 11 is 3.64. The van der Waals surface area contributed by atoms with Crippen LogP contribution in [-0.2, 0) is 25.5 Å². The van der Waals surface area contributed by atoms with Crippen molar-refractivity contribution in [1.82, 2.24) is 14.4 Å². The number of rotatable bonds is 5. The van der Waals surface area contributed by atoms with E-state index in [0.29, 0.717) is 36.2 Å². The fourth-order valence-corrected chi connectivity index (χ4v) is 5.81. The molecule has 1 amide bonds. The Morgan fingerprint density at radius 3 is 2.47 bits per heavy atom. The summed E-state index contributed by atoms with van der Waals surface area (Å²) in [6.07, 6.45) is 2.19. The fraction of sp³-hybridized carbons (Fsp3) is 0.519. The van der Waals surface area contributed by atoms with Crippen LogP contribution in [0.4, 0.5) is 4.79 Å². The van der Waals surface area contributed by atoms with Gasteiger partial charge in [0.15, 0.2) is 0 Å². The number of esters is 1. The molecule has 1 aromatic carbocycles. The highest BCUT2D eigenvalue weighted by atomic mass is 79.9. The minimum absolute atomic E-state index is 0.0970. The zero-order chi connectivity index (χ0) is 26.4. The monoisotopic (exact) mass is 559 g/mol. The van der Waals surface area contributed by atoms with Crippen LogP contribution in [0.5, 0.6) is 0 Å². The predicted molar refractivity (Wildman–Crippen MR) is 141 cm³/mol. The van der Waals surface area contributed by atoms with E-state index >= 15 is 0 Å². The molecule has 9 heteroatoms. The first-order valence-electron chi connectivity index (χ1n) is 12.4. The molecule has 194 valence electrons. The van der Waals surface area contributed by atoms with Crippen molar-refractivity contribution in [2.75, 3.05) is 33.5 Å². The molecule has 0 fully saturated rings. The van der Waals surface area contributed by atoms with Gasteiger partial charge in [-0.3, -0.25) is 14.5 Å². The minimum atomic E-state index is -0.686. The molecule has 1 aliphatic carbocycles. The number of carbonyl (C=O) groups excluding carboxylic acids is 3. The lowest BCUT2D eigenvalue weighted by Gasteiger charge is -2.40. The van der Waals surface area contributed by atoms with Gasteiger partial charge < -0.3 is 14.4 Å². The van der Waals surface area contributed by atoms with Crippen LogP contribution in [0.25, 0.3) is 16.5 Å². The first-order valence-corrected chi connectivity index (χ1v) is 13.2. The molecule has 0 saturated carbocycles. The largest absolute Gasteiger partial charge is 0.427 e. The third-order valence-electron chi connectivity index (χ3n) is 7.06. The summed E-state index contributed by atoms with van der Waals surface area (Å²) < 4.78 is 12.5. The van der Waals surface area contributed by atoms with Crippen LogP contribution in [0, 0.1) is 11.3 Å². The quantitative estimate of drug-likeness (QED) is 0.391. The molecular formula is C27H34BrN3O5. The number of ether oxygens (including phenoxy) is 2. The zero-order valence-electron chi connectivity index (χ0n) is 21.8. The van der Waals surface area contributed by atoms with Crippen molar-refractivity contribution < 1.29 is 23.9 Å². The van der Waals surface area contributed by atoms with Gasteiger partial charge in [0.2, 0.25) is 12.7 Å². The molecule has 0 N–H and O–H groups in total. The third-order valence-corrected chi connectivity index (χ3v) is 7.89. The SMILES string of the molecule is CCN(CC)C(=O)[C@@H]1C=C2c3cccc4c3c(c(Br)n4C(=O)OCOC(=O)C(C)(C)C)C[C@H]2N(C)C1. The van der Waals surface area contributed by atoms with Crippen LogP contribution in [0.15, 0.2) is 28.9 Å². The van der Waals surface area contributed by atoms with Gasteiger partial charge in [-0.25, -0.2) is 9.36 Å². The van der Waals surface area contributed by atoms with E-state index in [1.54, 1.807) is 20.8 Å². The topological polar surface area (TPSA) is 81.1 Å². The molecule has 0 unspecified atom stereocenters. The van der Waals surface area contributed by atoms with Crippen molar-refractivity contribution in [3.8, 4) is 0 Å². The highest BCUT2D eigenvalue weighted by molar-refractivity contribution is 9.10. The maximum Gasteiger partial charge on any atom is 0.422 e. The Hall–Kier alpha value is -2.65. The Labute approximate surface area is 220 Å². The second-order valence-corrected chi connectivity index (χ2v) is 11.2. The van der Waals surface area contributed by atoms with Crippen molar-refractivity contribution in [2.45, 2.75) is 47.1 Å². The average Bonchev–Trinajstić information content (AvgIpc) is 3.12. The number of hydrogen-bond donors (Lipinski definition) is 0. The van der Waals surface area contributed by atoms with E-state index in [4.69, 9.17) is 9.47 Å². The Kier molecular flexibility index (Phi) is 7.35. The van der Waals surface area contributed by atoms with Gasteiger partial charge in [0.25, 0.3) is 0 Å². The van der Waals surface area contributed by atoms with Gasteiger partial charge in [-0.05, 0) is 86.8 Å². The number of carbonyl (C=O) groups is 3. The van der Waals surface area contributed by atoms with E-state index in [-0.39, 0.29) is 17.9 Å². The number of hydrogen-bond acceptors (Lipinski definition) is 6. The third kappa shape index (κ3) is 4.59. The molecule has 0 spiro atoms. The van der Waals surface area contributed by atoms with Crippen molar-refractivity contribution >= 4 is 50.4 Å². The Balaban J connectivity index is 1.69. The summed E-state index contributed by atoms with van der Waals surface area (Å²) in [5, 5.41) is 0.972. The minimum Gasteiger partial charge on any atom is -0.427 e. The smallest absolute Gasteiger partial charge is 0.422 e. The van der Waals surface area contributed by atoms with E-state index in [9.17, 15) is 14.4 Å². The number of likely N-dealkylation sites (N-methyl/N-ethyl adjacent to an activating group) is 1. The van der Waals surface area contributed by atoms with Gasteiger partial charge in [-0.1, -0.05) is 18.2 Å². The first kappa shape index (κ1) is 26.4. The lowest BCUT2D eigenvalue weighted by atomic mass is 9.79. The molecule has 36 heavy (non-hydrogen) atoms. The molecule has 2 aliphatic rings. The molecule has 2 aromatic rings. The standard InChI is InChI=1S/C27H34BrN3O5/c1-7-30(8-2)24(32)16-12-18-17-10-9-11-20-22(17)19(13-21(18)29(6)14-16)23(28)31(20)26(34)36-15-35-25(33)27(3,4)5/h9-12,16,21H,7-8,13-15H2,1-6H3/t16-,21-/m1/s1. The van der Waals surface area contributed by atoms with E-state index in [1.807, 2.05) is 37.9 Å². The maximum absolute atomic E-state index is 13.2. The number of nitrogens with zero attached hydrogens (tertiary/aromatic N) is 3. The van der Waals surface area contributed by atoms with Crippen molar-refractivity contribution in [2.24, 2.45) is 11.3 Å². The Bertz CT molecular complexity index is 1240. The lowest BCUT2D eigenvalue weighted by Crippen LogP contribution is -2.47. The number of halogens is 1. The molecule has 8 nitrogen and oxygen atoms in total. The second-order valence-electron chi connectivity index (χ2n) is 10.4. The molecule has 2 atom stereocenters. The summed E-state index contributed by atoms with van der Waals surface area (Å²) in [5.74, 6) is -0.519. The van der Waals surface area contributed by atoms with E-state index in [1.165, 1.54) is 4.57 Å². The maximum atomic E-state index is 13.2. The van der Waals surface area contributed by atoms with Crippen LogP contribution in [0.1, 0.15) is 45.7 Å². The normalized spacial score (nSPS) is 19.5. The predicted octanol–water partition coefficient (Wildman–Crippen LogP) is 4.67. The number of fused-ring (bicyclic) bond motifs is 2. The van der Waals surface area contributed by atoms with Crippen molar-refractivity contribution in [3.63, 3.8) is 0 Å². The lowest BCUT2D eigenvalue weighted by molar-refractivity contribution is -0.161. The summed E-state index contributed by atoms with van der Waals surface area (Å²) in [4.78, 5) is 42.4. The highest BCUT2D eigenvalue weighted by Crippen LogP contribution is 2.45. The first-order chi connectivity index (χ1) is 17.0. The van der Waals surface area contributed by atoms with Gasteiger partial charge >= 0.3 is 12.1 Å². The Morgan fingerprint density at radius 2 is 1.83 bits per heavy atom. The zero-order valence-corrected chi connectivity index (χ0v) is 23.3. The molecule has 1 aliphatic heterocycles. The van der Waals surface area contributed by atoms with Crippen LogP contribution in [0.3, 0.4) is 0 Å². The van der Waals surface area contributed by atoms with Crippen LogP contribution < -0.4 is 0 Å². The molecule has 0 bridgehead atoms. The van der Waals surface area contributed by atoms with Gasteiger partial charge in [-0.15, -0.1) is 0 Å². The van der Waals surface area contributed by atoms with Gasteiger partial charge in [0.1, 0.15) is 0 Å². The van der Waals surface area contributed by atoms with Crippen LogP contribution >= 0.6 is 15.9 Å². The molecule has 4 rings (SSSR count). The van der Waals surface area contributed by atoms with E-state index in [0.717, 1.165) is 22.1 Å². The highest BCUT2D eigenvalue weighted by Gasteiger charge is 2.38. The van der Waals surface area contributed by atoms with Gasteiger partial charge in [0, 0.05) is 31.1 Å². The summed E-state index contributed by atoms with van der Waals surface area (Å²) in [7, 11) is 2.05. The number of amides is 1. The molecule has 2 heterocycles. The van der Waals surface area contributed by atoms with Gasteiger partial charge in [-0.2, -0.15) is 0 Å². The average molecular weight is 560 g/mol. The van der Waals surface area contributed by atoms with E-state index in [2.05, 4.69) is 33.0 Å². The van der Waals surface area contributed by atoms with Crippen molar-refractivity contribution in [1.29, 1.82) is 0 Å². The fourth-order valence-electron chi connectivity index (χ4n) is 5.11. The Morgan fingerprint density at radius 1 is 1.14 bits per heavy atom. The molecular weight excluding hydrogens is 526 g/mol. The van der Waals surface area contributed by atoms with E-state index < -0.39 is 24.3 Å². The molecule has 0 saturated heterocycles. The summed E-state index contributed by atoms with van der Waals surface area (Å²) in [6.45, 7) is 10.8. The second kappa shape index (κ2) is 10.0. The molecule has 0 radical (unpaired) electrons. The van der Waals surface area contributed by atoms with Gasteiger partial charge in [0.05, 0.1) is 21.5 Å². The molecule has 1 aromatic heterocycles. The summed E-state index contributed by atoms with van der Waals surface area (Å²) in [5.41, 5.74) is 3.18. The number of benzene rings is 1.